The lowest BCUT2D eigenvalue weighted by atomic mass is 9.97. The van der Waals surface area contributed by atoms with Gasteiger partial charge in [-0.25, -0.2) is 9.18 Å². The Bertz CT molecular complexity index is 620. The van der Waals surface area contributed by atoms with Gasteiger partial charge in [-0.2, -0.15) is 0 Å². The van der Waals surface area contributed by atoms with E-state index in [1.54, 1.807) is 18.2 Å². The maximum absolute atomic E-state index is 12.9. The van der Waals surface area contributed by atoms with Crippen LogP contribution in [-0.4, -0.2) is 18.1 Å². The second kappa shape index (κ2) is 5.44. The second-order valence-corrected chi connectivity index (χ2v) is 3.90. The molecule has 96 valence electrons. The molecule has 0 aliphatic heterocycles. The molecule has 0 aliphatic rings. The number of hydrogen-bond acceptors (Lipinski definition) is 3. The Morgan fingerprint density at radius 2 is 1.89 bits per heavy atom. The maximum Gasteiger partial charge on any atom is 0.338 e. The molecular formula is C15H12FNO2. The first-order chi connectivity index (χ1) is 9.13. The molecule has 0 unspecified atom stereocenters. The van der Waals surface area contributed by atoms with Crippen molar-refractivity contribution in [3.8, 4) is 0 Å². The number of benzene rings is 1. The summed E-state index contributed by atoms with van der Waals surface area (Å²) in [5.74, 6) is -0.781. The molecule has 0 saturated carbocycles. The average molecular weight is 257 g/mol. The smallest absolute Gasteiger partial charge is 0.338 e. The third-order valence-electron chi connectivity index (χ3n) is 2.74. The Morgan fingerprint density at radius 1 is 1.21 bits per heavy atom. The van der Waals surface area contributed by atoms with E-state index in [2.05, 4.69) is 11.6 Å². The Balaban J connectivity index is 2.44. The number of methoxy groups -OCH3 is 1. The van der Waals surface area contributed by atoms with Crippen LogP contribution in [0.1, 0.15) is 21.5 Å². The van der Waals surface area contributed by atoms with Gasteiger partial charge in [-0.1, -0.05) is 18.7 Å². The normalized spacial score (nSPS) is 10.0. The molecule has 2 rings (SSSR count). The molecule has 19 heavy (non-hydrogen) atoms. The zero-order valence-corrected chi connectivity index (χ0v) is 10.4. The van der Waals surface area contributed by atoms with Gasteiger partial charge in [0.25, 0.3) is 0 Å². The minimum absolute atomic E-state index is 0.323. The van der Waals surface area contributed by atoms with Crippen molar-refractivity contribution in [3.63, 3.8) is 0 Å². The standard InChI is InChI=1S/C15H12FNO2/c1-10(11-3-5-12(16)6-4-11)14-9-17-8-7-13(14)15(18)19-2/h3-9H,1H2,2H3. The molecule has 1 aromatic carbocycles. The van der Waals surface area contributed by atoms with Crippen LogP contribution in [0.15, 0.2) is 49.3 Å². The summed E-state index contributed by atoms with van der Waals surface area (Å²) >= 11 is 0. The third kappa shape index (κ3) is 2.68. The molecular weight excluding hydrogens is 245 g/mol. The molecule has 0 bridgehead atoms. The summed E-state index contributed by atoms with van der Waals surface area (Å²) in [5.41, 5.74) is 2.26. The number of hydrogen-bond donors (Lipinski definition) is 0. The lowest BCUT2D eigenvalue weighted by molar-refractivity contribution is 0.0600. The number of esters is 1. The predicted molar refractivity (Wildman–Crippen MR) is 70.1 cm³/mol. The van der Waals surface area contributed by atoms with Crippen LogP contribution in [-0.2, 0) is 4.74 Å². The fraction of sp³-hybridized carbons (Fsp3) is 0.0667. The fourth-order valence-corrected chi connectivity index (χ4v) is 1.73. The number of halogens is 1. The fourth-order valence-electron chi connectivity index (χ4n) is 1.73. The lowest BCUT2D eigenvalue weighted by Crippen LogP contribution is -2.06. The van der Waals surface area contributed by atoms with Crippen molar-refractivity contribution >= 4 is 11.5 Å². The topological polar surface area (TPSA) is 39.2 Å². The quantitative estimate of drug-likeness (QED) is 0.793. The van der Waals surface area contributed by atoms with Gasteiger partial charge in [0.2, 0.25) is 0 Å². The van der Waals surface area contributed by atoms with Gasteiger partial charge in [0, 0.05) is 18.0 Å². The lowest BCUT2D eigenvalue weighted by Gasteiger charge is -2.10. The van der Waals surface area contributed by atoms with E-state index in [1.807, 2.05) is 0 Å². The van der Waals surface area contributed by atoms with E-state index in [9.17, 15) is 9.18 Å². The van der Waals surface area contributed by atoms with E-state index < -0.39 is 5.97 Å². The van der Waals surface area contributed by atoms with E-state index in [1.165, 1.54) is 31.6 Å². The van der Waals surface area contributed by atoms with Crippen molar-refractivity contribution in [2.24, 2.45) is 0 Å². The summed E-state index contributed by atoms with van der Waals surface area (Å²) in [4.78, 5) is 15.7. The van der Waals surface area contributed by atoms with Gasteiger partial charge < -0.3 is 4.74 Å². The highest BCUT2D eigenvalue weighted by atomic mass is 19.1. The number of pyridine rings is 1. The van der Waals surface area contributed by atoms with Crippen molar-refractivity contribution in [3.05, 3.63) is 71.8 Å². The van der Waals surface area contributed by atoms with E-state index in [-0.39, 0.29) is 5.82 Å². The van der Waals surface area contributed by atoms with Gasteiger partial charge in [-0.05, 0) is 29.3 Å². The molecule has 1 heterocycles. The van der Waals surface area contributed by atoms with E-state index in [0.29, 0.717) is 16.7 Å². The molecule has 0 fully saturated rings. The van der Waals surface area contributed by atoms with Gasteiger partial charge in [0.15, 0.2) is 0 Å². The van der Waals surface area contributed by atoms with Crippen LogP contribution in [0.2, 0.25) is 0 Å². The van der Waals surface area contributed by atoms with E-state index in [0.717, 1.165) is 5.56 Å². The first-order valence-corrected chi connectivity index (χ1v) is 5.61. The van der Waals surface area contributed by atoms with E-state index in [4.69, 9.17) is 4.74 Å². The van der Waals surface area contributed by atoms with Crippen molar-refractivity contribution in [2.75, 3.05) is 7.11 Å². The van der Waals surface area contributed by atoms with Crippen LogP contribution in [0, 0.1) is 5.82 Å². The van der Waals surface area contributed by atoms with Crippen LogP contribution in [0.3, 0.4) is 0 Å². The summed E-state index contributed by atoms with van der Waals surface area (Å²) in [6.07, 6.45) is 3.05. The first-order valence-electron chi connectivity index (χ1n) is 5.61. The van der Waals surface area contributed by atoms with Gasteiger partial charge in [-0.15, -0.1) is 0 Å². The first kappa shape index (κ1) is 13.0. The second-order valence-electron chi connectivity index (χ2n) is 3.90. The van der Waals surface area contributed by atoms with Gasteiger partial charge >= 0.3 is 5.97 Å². The maximum atomic E-state index is 12.9. The van der Waals surface area contributed by atoms with Crippen LogP contribution in [0.25, 0.3) is 5.57 Å². The zero-order valence-electron chi connectivity index (χ0n) is 10.4. The van der Waals surface area contributed by atoms with Crippen molar-refractivity contribution in [1.82, 2.24) is 4.98 Å². The SMILES string of the molecule is C=C(c1ccc(F)cc1)c1cnccc1C(=O)OC. The molecule has 4 heteroatoms. The highest BCUT2D eigenvalue weighted by molar-refractivity contribution is 5.97. The summed E-state index contributed by atoms with van der Waals surface area (Å²) < 4.78 is 17.6. The molecule has 3 nitrogen and oxygen atoms in total. The molecule has 1 aromatic heterocycles. The van der Waals surface area contributed by atoms with Crippen molar-refractivity contribution in [1.29, 1.82) is 0 Å². The Labute approximate surface area is 110 Å². The molecule has 0 N–H and O–H groups in total. The molecule has 0 spiro atoms. The summed E-state index contributed by atoms with van der Waals surface area (Å²) in [7, 11) is 1.31. The van der Waals surface area contributed by atoms with Gasteiger partial charge in [-0.3, -0.25) is 4.98 Å². The number of carbonyl (C=O) groups is 1. The zero-order chi connectivity index (χ0) is 13.8. The van der Waals surface area contributed by atoms with E-state index >= 15 is 0 Å². The molecule has 0 atom stereocenters. The summed E-state index contributed by atoms with van der Waals surface area (Å²) in [5, 5.41) is 0. The number of aromatic nitrogens is 1. The molecule has 2 aromatic rings. The monoisotopic (exact) mass is 257 g/mol. The van der Waals surface area contributed by atoms with Gasteiger partial charge in [0.1, 0.15) is 5.82 Å². The minimum Gasteiger partial charge on any atom is -0.465 e. The highest BCUT2D eigenvalue weighted by Crippen LogP contribution is 2.24. The average Bonchev–Trinajstić information content (AvgIpc) is 2.46. The van der Waals surface area contributed by atoms with Crippen molar-refractivity contribution in [2.45, 2.75) is 0 Å². The minimum atomic E-state index is -0.458. The molecule has 0 aliphatic carbocycles. The number of carbonyl (C=O) groups excluding carboxylic acids is 1. The Morgan fingerprint density at radius 3 is 2.53 bits per heavy atom. The van der Waals surface area contributed by atoms with Crippen LogP contribution in [0.4, 0.5) is 4.39 Å². The summed E-state index contributed by atoms with van der Waals surface area (Å²) in [6.45, 7) is 3.93. The number of nitrogens with zero attached hydrogens (tertiary/aromatic N) is 1. The molecule has 0 saturated heterocycles. The molecule has 0 radical (unpaired) electrons. The van der Waals surface area contributed by atoms with Crippen molar-refractivity contribution < 1.29 is 13.9 Å². The highest BCUT2D eigenvalue weighted by Gasteiger charge is 2.14. The predicted octanol–water partition coefficient (Wildman–Crippen LogP) is 3.07. The van der Waals surface area contributed by atoms with Crippen LogP contribution in [0.5, 0.6) is 0 Å². The Kier molecular flexibility index (Phi) is 3.71. The number of ether oxygens (including phenoxy) is 1. The molecule has 0 amide bonds. The van der Waals surface area contributed by atoms with Crippen LogP contribution < -0.4 is 0 Å². The third-order valence-corrected chi connectivity index (χ3v) is 2.74. The Hall–Kier alpha value is -2.49. The summed E-state index contributed by atoms with van der Waals surface area (Å²) in [6, 6.07) is 7.46. The van der Waals surface area contributed by atoms with Crippen LogP contribution >= 0.6 is 0 Å². The number of rotatable bonds is 3. The largest absolute Gasteiger partial charge is 0.465 e. The van der Waals surface area contributed by atoms with Gasteiger partial charge in [0.05, 0.1) is 12.7 Å².